The molecule has 1 unspecified atom stereocenters. The molecule has 0 aliphatic carbocycles. The van der Waals surface area contributed by atoms with Gasteiger partial charge in [0.1, 0.15) is 17.7 Å². The van der Waals surface area contributed by atoms with E-state index in [2.05, 4.69) is 16.4 Å². The van der Waals surface area contributed by atoms with E-state index in [1.54, 1.807) is 30.6 Å². The highest BCUT2D eigenvalue weighted by Gasteiger charge is 2.25. The Bertz CT molecular complexity index is 1000. The van der Waals surface area contributed by atoms with Crippen molar-refractivity contribution in [3.8, 4) is 16.9 Å². The Morgan fingerprint density at radius 3 is 2.71 bits per heavy atom. The second kappa shape index (κ2) is 8.05. The van der Waals surface area contributed by atoms with Gasteiger partial charge in [-0.15, -0.1) is 0 Å². The maximum Gasteiger partial charge on any atom is 0.244 e. The van der Waals surface area contributed by atoms with Crippen molar-refractivity contribution in [1.29, 1.82) is 0 Å². The lowest BCUT2D eigenvalue weighted by atomic mass is 10.0. The average Bonchev–Trinajstić information content (AvgIpc) is 3.15. The fourth-order valence-corrected chi connectivity index (χ4v) is 3.23. The summed E-state index contributed by atoms with van der Waals surface area (Å²) in [6.07, 6.45) is 7.25. The molecule has 0 saturated carbocycles. The van der Waals surface area contributed by atoms with Crippen LogP contribution < -0.4 is 10.1 Å². The number of amides is 1. The fraction of sp³-hybridized carbons (Fsp3) is 0.130. The second-order valence-corrected chi connectivity index (χ2v) is 6.60. The van der Waals surface area contributed by atoms with Crippen molar-refractivity contribution in [3.05, 3.63) is 90.0 Å². The summed E-state index contributed by atoms with van der Waals surface area (Å²) < 4.78 is 19.0. The monoisotopic (exact) mass is 374 g/mol. The van der Waals surface area contributed by atoms with Crippen molar-refractivity contribution < 1.29 is 13.9 Å². The van der Waals surface area contributed by atoms with Gasteiger partial charge >= 0.3 is 0 Å². The number of hydrogen-bond acceptors (Lipinski definition) is 3. The number of rotatable bonds is 5. The summed E-state index contributed by atoms with van der Waals surface area (Å²) in [5.41, 5.74) is 3.99. The number of ether oxygens (including phenoxy) is 1. The molecule has 3 aromatic rings. The second-order valence-electron chi connectivity index (χ2n) is 6.60. The van der Waals surface area contributed by atoms with Crippen molar-refractivity contribution in [1.82, 2.24) is 10.3 Å². The first kappa shape index (κ1) is 17.9. The van der Waals surface area contributed by atoms with E-state index in [1.807, 2.05) is 24.3 Å². The minimum Gasteiger partial charge on any atom is -0.487 e. The van der Waals surface area contributed by atoms with Gasteiger partial charge in [-0.25, -0.2) is 4.39 Å². The Labute approximate surface area is 162 Å². The van der Waals surface area contributed by atoms with Crippen LogP contribution in [0.25, 0.3) is 17.2 Å². The Balaban J connectivity index is 1.36. The number of fused-ring (bicyclic) bond motifs is 1. The van der Waals surface area contributed by atoms with Gasteiger partial charge in [0, 0.05) is 30.5 Å². The molecule has 1 aliphatic heterocycles. The summed E-state index contributed by atoms with van der Waals surface area (Å²) in [6, 6.07) is 16.0. The summed E-state index contributed by atoms with van der Waals surface area (Å²) in [6.45, 7) is 0.414. The normalized spacial score (nSPS) is 15.2. The number of hydrogen-bond donors (Lipinski definition) is 1. The summed E-state index contributed by atoms with van der Waals surface area (Å²) in [5, 5.41) is 2.87. The van der Waals surface area contributed by atoms with Crippen LogP contribution in [0.4, 0.5) is 4.39 Å². The Kier molecular flexibility index (Phi) is 5.15. The van der Waals surface area contributed by atoms with Crippen LogP contribution in [0.2, 0.25) is 0 Å². The quantitative estimate of drug-likeness (QED) is 0.686. The van der Waals surface area contributed by atoms with Crippen LogP contribution in [0.15, 0.2) is 73.1 Å². The maximum atomic E-state index is 12.9. The van der Waals surface area contributed by atoms with E-state index in [0.29, 0.717) is 6.54 Å². The molecular formula is C23H19FN2O2. The first-order valence-corrected chi connectivity index (χ1v) is 9.09. The van der Waals surface area contributed by atoms with Crippen LogP contribution in [0.3, 0.4) is 0 Å². The summed E-state index contributed by atoms with van der Waals surface area (Å²) >= 11 is 0. The van der Waals surface area contributed by atoms with Gasteiger partial charge in [-0.05, 0) is 47.0 Å². The standard InChI is InChI=1S/C23H19FN2O2/c24-19-7-4-16(5-8-19)6-9-22(27)26-15-20-14-18-2-1-3-21(23(18)28-20)17-10-12-25-13-11-17/h1-13,20H,14-15H2,(H,26,27). The number of para-hydroxylation sites is 1. The molecule has 28 heavy (non-hydrogen) atoms. The van der Waals surface area contributed by atoms with E-state index in [1.165, 1.54) is 18.2 Å². The van der Waals surface area contributed by atoms with Gasteiger partial charge in [0.2, 0.25) is 5.91 Å². The zero-order valence-electron chi connectivity index (χ0n) is 15.1. The summed E-state index contributed by atoms with van der Waals surface area (Å²) in [7, 11) is 0. The summed E-state index contributed by atoms with van der Waals surface area (Å²) in [5.74, 6) is 0.360. The molecule has 1 amide bonds. The molecule has 140 valence electrons. The molecule has 4 rings (SSSR count). The van der Waals surface area contributed by atoms with Crippen molar-refractivity contribution >= 4 is 12.0 Å². The van der Waals surface area contributed by atoms with Crippen LogP contribution in [-0.2, 0) is 11.2 Å². The molecular weight excluding hydrogens is 355 g/mol. The van der Waals surface area contributed by atoms with Gasteiger partial charge in [0.15, 0.2) is 0 Å². The van der Waals surface area contributed by atoms with Crippen LogP contribution in [0, 0.1) is 5.82 Å². The molecule has 2 aromatic carbocycles. The molecule has 1 aromatic heterocycles. The number of aromatic nitrogens is 1. The van der Waals surface area contributed by atoms with Gasteiger partial charge in [-0.3, -0.25) is 9.78 Å². The van der Waals surface area contributed by atoms with Gasteiger partial charge in [-0.2, -0.15) is 0 Å². The average molecular weight is 374 g/mol. The van der Waals surface area contributed by atoms with Crippen LogP contribution in [0.1, 0.15) is 11.1 Å². The molecule has 0 fully saturated rings. The number of carbonyl (C=O) groups excluding carboxylic acids is 1. The Morgan fingerprint density at radius 2 is 1.93 bits per heavy atom. The van der Waals surface area contributed by atoms with E-state index in [0.717, 1.165) is 34.4 Å². The van der Waals surface area contributed by atoms with Crippen molar-refractivity contribution in [3.63, 3.8) is 0 Å². The summed E-state index contributed by atoms with van der Waals surface area (Å²) in [4.78, 5) is 16.1. The van der Waals surface area contributed by atoms with Crippen molar-refractivity contribution in [2.45, 2.75) is 12.5 Å². The molecule has 1 N–H and O–H groups in total. The molecule has 4 nitrogen and oxygen atoms in total. The lowest BCUT2D eigenvalue weighted by Gasteiger charge is -2.13. The number of nitrogens with zero attached hydrogens (tertiary/aromatic N) is 1. The van der Waals surface area contributed by atoms with E-state index in [9.17, 15) is 9.18 Å². The van der Waals surface area contributed by atoms with Crippen LogP contribution in [0.5, 0.6) is 5.75 Å². The zero-order chi connectivity index (χ0) is 19.3. The molecule has 0 spiro atoms. The van der Waals surface area contributed by atoms with E-state index in [4.69, 9.17) is 4.74 Å². The molecule has 1 atom stereocenters. The minimum absolute atomic E-state index is 0.110. The molecule has 1 aliphatic rings. The van der Waals surface area contributed by atoms with Crippen LogP contribution >= 0.6 is 0 Å². The van der Waals surface area contributed by atoms with Gasteiger partial charge in [0.25, 0.3) is 0 Å². The number of pyridine rings is 1. The first-order chi connectivity index (χ1) is 13.7. The lowest BCUT2D eigenvalue weighted by molar-refractivity contribution is -0.116. The molecule has 0 saturated heterocycles. The van der Waals surface area contributed by atoms with Gasteiger partial charge < -0.3 is 10.1 Å². The van der Waals surface area contributed by atoms with E-state index in [-0.39, 0.29) is 17.8 Å². The number of benzene rings is 2. The van der Waals surface area contributed by atoms with Gasteiger partial charge in [0.05, 0.1) is 6.54 Å². The molecule has 0 radical (unpaired) electrons. The molecule has 0 bridgehead atoms. The third kappa shape index (κ3) is 4.09. The smallest absolute Gasteiger partial charge is 0.244 e. The predicted octanol–water partition coefficient (Wildman–Crippen LogP) is 4.02. The fourth-order valence-electron chi connectivity index (χ4n) is 3.23. The number of nitrogens with one attached hydrogen (secondary N) is 1. The number of halogens is 1. The Morgan fingerprint density at radius 1 is 1.14 bits per heavy atom. The minimum atomic E-state index is -0.300. The first-order valence-electron chi connectivity index (χ1n) is 9.09. The zero-order valence-corrected chi connectivity index (χ0v) is 15.1. The lowest BCUT2D eigenvalue weighted by Crippen LogP contribution is -2.33. The van der Waals surface area contributed by atoms with E-state index >= 15 is 0 Å². The highest BCUT2D eigenvalue weighted by atomic mass is 19.1. The number of carbonyl (C=O) groups is 1. The highest BCUT2D eigenvalue weighted by Crippen LogP contribution is 2.38. The highest BCUT2D eigenvalue weighted by molar-refractivity contribution is 5.91. The predicted molar refractivity (Wildman–Crippen MR) is 106 cm³/mol. The van der Waals surface area contributed by atoms with E-state index < -0.39 is 0 Å². The Hall–Kier alpha value is -3.47. The third-order valence-electron chi connectivity index (χ3n) is 4.62. The topological polar surface area (TPSA) is 51.2 Å². The van der Waals surface area contributed by atoms with Crippen LogP contribution in [-0.4, -0.2) is 23.5 Å². The largest absolute Gasteiger partial charge is 0.487 e. The third-order valence-corrected chi connectivity index (χ3v) is 4.62. The van der Waals surface area contributed by atoms with Crippen molar-refractivity contribution in [2.24, 2.45) is 0 Å². The SMILES string of the molecule is O=C(C=Cc1ccc(F)cc1)NCC1Cc2cccc(-c3ccncc3)c2O1. The molecule has 2 heterocycles. The molecule has 5 heteroatoms. The maximum absolute atomic E-state index is 12.9. The van der Waals surface area contributed by atoms with Gasteiger partial charge in [-0.1, -0.05) is 30.3 Å². The van der Waals surface area contributed by atoms with Crippen molar-refractivity contribution in [2.75, 3.05) is 6.54 Å².